The first-order valence-corrected chi connectivity index (χ1v) is 12.8. The third-order valence-electron chi connectivity index (χ3n) is 7.51. The number of amides is 3. The molecule has 3 aliphatic heterocycles. The molecule has 6 rings (SSSR count). The summed E-state index contributed by atoms with van der Waals surface area (Å²) in [4.78, 5) is 35.6. The highest BCUT2D eigenvalue weighted by Crippen LogP contribution is 2.35. The van der Waals surface area contributed by atoms with Gasteiger partial charge in [-0.15, -0.1) is 0 Å². The maximum atomic E-state index is 12.8. The topological polar surface area (TPSA) is 91.2 Å². The number of furan rings is 1. The number of aromatic nitrogens is 1. The van der Waals surface area contributed by atoms with Crippen molar-refractivity contribution in [2.24, 2.45) is 0 Å². The maximum absolute atomic E-state index is 12.8. The Morgan fingerprint density at radius 1 is 1.19 bits per heavy atom. The van der Waals surface area contributed by atoms with E-state index in [1.165, 1.54) is 0 Å². The van der Waals surface area contributed by atoms with Gasteiger partial charge in [-0.1, -0.05) is 18.2 Å². The van der Waals surface area contributed by atoms with Gasteiger partial charge in [-0.25, -0.2) is 9.78 Å². The molecule has 3 aliphatic rings. The Morgan fingerprint density at radius 2 is 2.00 bits per heavy atom. The molecule has 0 unspecified atom stereocenters. The molecule has 2 aromatic heterocycles. The number of ether oxygens (including phenoxy) is 1. The van der Waals surface area contributed by atoms with E-state index in [-0.39, 0.29) is 17.9 Å². The number of hydrogen-bond acceptors (Lipinski definition) is 6. The standard InChI is InChI=1S/C28H31N5O4/c1-19-23-4-2-3-5-24(23)37-26(19)22-17-33(18-22)25(34)7-6-20-14-21-16-32(28(35)30-27(21)29-15-20)9-8-31-10-12-36-13-11-31/h2-7,14-15,22H,8-13,16-18H2,1H3,(H,29,30,35)/b7-6+. The van der Waals surface area contributed by atoms with Crippen molar-refractivity contribution < 1.29 is 18.7 Å². The molecular formula is C28H31N5O4. The Morgan fingerprint density at radius 3 is 2.81 bits per heavy atom. The second-order valence-electron chi connectivity index (χ2n) is 9.94. The molecule has 1 N–H and O–H groups in total. The van der Waals surface area contributed by atoms with E-state index in [4.69, 9.17) is 9.15 Å². The van der Waals surface area contributed by atoms with Crippen molar-refractivity contribution in [1.29, 1.82) is 0 Å². The molecule has 0 spiro atoms. The van der Waals surface area contributed by atoms with E-state index >= 15 is 0 Å². The molecule has 0 bridgehead atoms. The lowest BCUT2D eigenvalue weighted by Gasteiger charge is -2.37. The van der Waals surface area contributed by atoms with E-state index in [2.05, 4.69) is 28.2 Å². The lowest BCUT2D eigenvalue weighted by atomic mass is 9.94. The summed E-state index contributed by atoms with van der Waals surface area (Å²) in [6.07, 6.45) is 5.08. The normalized spacial score (nSPS) is 18.8. The lowest BCUT2D eigenvalue weighted by Crippen LogP contribution is -2.47. The van der Waals surface area contributed by atoms with E-state index in [1.54, 1.807) is 23.2 Å². The van der Waals surface area contributed by atoms with E-state index < -0.39 is 0 Å². The summed E-state index contributed by atoms with van der Waals surface area (Å²) in [5, 5.41) is 4.02. The maximum Gasteiger partial charge on any atom is 0.323 e. The van der Waals surface area contributed by atoms with Crippen molar-refractivity contribution in [1.82, 2.24) is 19.7 Å². The highest BCUT2D eigenvalue weighted by Gasteiger charge is 2.34. The van der Waals surface area contributed by atoms with Crippen molar-refractivity contribution in [2.45, 2.75) is 19.4 Å². The van der Waals surface area contributed by atoms with Crippen molar-refractivity contribution in [2.75, 3.05) is 57.8 Å². The molecule has 3 amide bonds. The molecule has 1 aromatic carbocycles. The van der Waals surface area contributed by atoms with Crippen LogP contribution in [-0.2, 0) is 16.1 Å². The van der Waals surface area contributed by atoms with E-state index in [0.717, 1.165) is 66.3 Å². The fraction of sp³-hybridized carbons (Fsp3) is 0.393. The van der Waals surface area contributed by atoms with Gasteiger partial charge in [0.05, 0.1) is 25.7 Å². The number of para-hydroxylation sites is 1. The van der Waals surface area contributed by atoms with Gasteiger partial charge in [0.2, 0.25) is 5.91 Å². The number of nitrogens with one attached hydrogen (secondary N) is 1. The Balaban J connectivity index is 1.05. The van der Waals surface area contributed by atoms with Crippen LogP contribution in [0.5, 0.6) is 0 Å². The highest BCUT2D eigenvalue weighted by atomic mass is 16.5. The quantitative estimate of drug-likeness (QED) is 0.521. The summed E-state index contributed by atoms with van der Waals surface area (Å²) in [5.74, 6) is 1.77. The average Bonchev–Trinajstić information content (AvgIpc) is 3.22. The first-order chi connectivity index (χ1) is 18.0. The number of aryl methyl sites for hydroxylation is 1. The van der Waals surface area contributed by atoms with Gasteiger partial charge in [0.15, 0.2) is 0 Å². The average molecular weight is 502 g/mol. The van der Waals surface area contributed by atoms with Gasteiger partial charge in [-0.05, 0) is 36.3 Å². The number of benzene rings is 1. The fourth-order valence-corrected chi connectivity index (χ4v) is 5.26. The van der Waals surface area contributed by atoms with Gasteiger partial charge >= 0.3 is 6.03 Å². The van der Waals surface area contributed by atoms with Crippen LogP contribution in [0.25, 0.3) is 17.0 Å². The number of carbonyl (C=O) groups excluding carboxylic acids is 2. The van der Waals surface area contributed by atoms with Crippen LogP contribution in [0.15, 0.2) is 47.0 Å². The summed E-state index contributed by atoms with van der Waals surface area (Å²) in [5.41, 5.74) is 3.84. The molecule has 9 heteroatoms. The summed E-state index contributed by atoms with van der Waals surface area (Å²) >= 11 is 0. The Kier molecular flexibility index (Phi) is 6.40. The van der Waals surface area contributed by atoms with E-state index in [1.807, 2.05) is 29.2 Å². The number of anilines is 1. The molecule has 2 fully saturated rings. The predicted molar refractivity (Wildman–Crippen MR) is 140 cm³/mol. The van der Waals surface area contributed by atoms with Gasteiger partial charge in [0, 0.05) is 62.5 Å². The van der Waals surface area contributed by atoms with Crippen LogP contribution in [-0.4, -0.2) is 84.1 Å². The lowest BCUT2D eigenvalue weighted by molar-refractivity contribution is -0.130. The minimum Gasteiger partial charge on any atom is -0.460 e. The summed E-state index contributed by atoms with van der Waals surface area (Å²) in [6.45, 7) is 8.61. The van der Waals surface area contributed by atoms with E-state index in [0.29, 0.717) is 32.0 Å². The number of hydrogen-bond donors (Lipinski definition) is 1. The number of carbonyl (C=O) groups is 2. The van der Waals surface area contributed by atoms with E-state index in [9.17, 15) is 9.59 Å². The van der Waals surface area contributed by atoms with Crippen LogP contribution in [0.1, 0.15) is 28.4 Å². The van der Waals surface area contributed by atoms with Crippen LogP contribution in [0, 0.1) is 6.92 Å². The van der Waals surface area contributed by atoms with Gasteiger partial charge in [-0.3, -0.25) is 15.0 Å². The van der Waals surface area contributed by atoms with Gasteiger partial charge < -0.3 is 19.0 Å². The summed E-state index contributed by atoms with van der Waals surface area (Å²) < 4.78 is 11.5. The van der Waals surface area contributed by atoms with Crippen molar-refractivity contribution in [3.8, 4) is 0 Å². The Hall–Kier alpha value is -3.69. The SMILES string of the molecule is Cc1c(C2CN(C(=O)/C=C/c3cnc4c(c3)CN(CCN3CCOCC3)C(=O)N4)C2)oc2ccccc12. The minimum atomic E-state index is -0.126. The molecule has 0 atom stereocenters. The molecular weight excluding hydrogens is 470 g/mol. The second kappa shape index (κ2) is 9.99. The van der Waals surface area contributed by atoms with Crippen molar-refractivity contribution >= 4 is 34.8 Å². The number of likely N-dealkylation sites (tertiary alicyclic amines) is 1. The minimum absolute atomic E-state index is 0.0248. The zero-order chi connectivity index (χ0) is 25.4. The first kappa shape index (κ1) is 23.7. The van der Waals surface area contributed by atoms with Crippen LogP contribution >= 0.6 is 0 Å². The Labute approximate surface area is 215 Å². The summed E-state index contributed by atoms with van der Waals surface area (Å²) in [6, 6.07) is 9.91. The molecule has 9 nitrogen and oxygen atoms in total. The molecule has 0 saturated carbocycles. The summed E-state index contributed by atoms with van der Waals surface area (Å²) in [7, 11) is 0. The number of urea groups is 1. The van der Waals surface area contributed by atoms with Crippen LogP contribution in [0.3, 0.4) is 0 Å². The van der Waals surface area contributed by atoms with Crippen LogP contribution < -0.4 is 5.32 Å². The number of fused-ring (bicyclic) bond motifs is 2. The molecule has 5 heterocycles. The van der Waals surface area contributed by atoms with Gasteiger partial charge in [0.25, 0.3) is 0 Å². The molecule has 0 aliphatic carbocycles. The third kappa shape index (κ3) is 4.84. The second-order valence-corrected chi connectivity index (χ2v) is 9.94. The zero-order valence-electron chi connectivity index (χ0n) is 21.0. The fourth-order valence-electron chi connectivity index (χ4n) is 5.26. The van der Waals surface area contributed by atoms with Crippen LogP contribution in [0.4, 0.5) is 10.6 Å². The Bertz CT molecular complexity index is 1350. The first-order valence-electron chi connectivity index (χ1n) is 12.8. The number of rotatable bonds is 6. The molecule has 2 saturated heterocycles. The van der Waals surface area contributed by atoms with Gasteiger partial charge in [-0.2, -0.15) is 0 Å². The van der Waals surface area contributed by atoms with Gasteiger partial charge in [0.1, 0.15) is 17.2 Å². The number of pyridine rings is 1. The molecule has 0 radical (unpaired) electrons. The monoisotopic (exact) mass is 501 g/mol. The smallest absolute Gasteiger partial charge is 0.323 e. The highest BCUT2D eigenvalue weighted by molar-refractivity contribution is 5.93. The zero-order valence-corrected chi connectivity index (χ0v) is 21.0. The number of nitrogens with zero attached hydrogens (tertiary/aromatic N) is 4. The third-order valence-corrected chi connectivity index (χ3v) is 7.51. The van der Waals surface area contributed by atoms with Crippen molar-refractivity contribution in [3.63, 3.8) is 0 Å². The molecule has 37 heavy (non-hydrogen) atoms. The molecule has 192 valence electrons. The number of morpholine rings is 1. The largest absolute Gasteiger partial charge is 0.460 e. The van der Waals surface area contributed by atoms with Crippen molar-refractivity contribution in [3.05, 3.63) is 65.1 Å². The van der Waals surface area contributed by atoms with Crippen LogP contribution in [0.2, 0.25) is 0 Å². The predicted octanol–water partition coefficient (Wildman–Crippen LogP) is 3.46. The molecule has 3 aromatic rings.